The van der Waals surface area contributed by atoms with Crippen molar-refractivity contribution < 1.29 is 23.5 Å². The van der Waals surface area contributed by atoms with E-state index in [-0.39, 0.29) is 24.2 Å². The molecule has 1 atom stereocenters. The Bertz CT molecular complexity index is 535. The third-order valence-electron chi connectivity index (χ3n) is 3.74. The van der Waals surface area contributed by atoms with E-state index in [1.165, 1.54) is 19.2 Å². The van der Waals surface area contributed by atoms with Gasteiger partial charge in [0.25, 0.3) is 0 Å². The molecule has 0 spiro atoms. The van der Waals surface area contributed by atoms with Crippen LogP contribution in [0.15, 0.2) is 24.3 Å². The first-order valence-electron chi connectivity index (χ1n) is 7.56. The van der Waals surface area contributed by atoms with Crippen molar-refractivity contribution in [2.75, 3.05) is 33.4 Å². The summed E-state index contributed by atoms with van der Waals surface area (Å²) in [6.45, 7) is 1.66. The molecule has 1 saturated heterocycles. The van der Waals surface area contributed by atoms with Crippen LogP contribution in [0.25, 0.3) is 0 Å². The molecule has 126 valence electrons. The lowest BCUT2D eigenvalue weighted by atomic mass is 9.99. The Morgan fingerprint density at radius 2 is 2.09 bits per heavy atom. The number of piperidine rings is 1. The fourth-order valence-corrected chi connectivity index (χ4v) is 2.50. The van der Waals surface area contributed by atoms with Crippen LogP contribution < -0.4 is 10.1 Å². The molecule has 0 aromatic heterocycles. The van der Waals surface area contributed by atoms with Gasteiger partial charge in [0.1, 0.15) is 18.1 Å². The van der Waals surface area contributed by atoms with Crippen molar-refractivity contribution >= 4 is 12.0 Å². The maximum atomic E-state index is 12.8. The van der Waals surface area contributed by atoms with Gasteiger partial charge < -0.3 is 19.7 Å². The van der Waals surface area contributed by atoms with Crippen molar-refractivity contribution in [3.8, 4) is 5.75 Å². The van der Waals surface area contributed by atoms with E-state index in [9.17, 15) is 14.0 Å². The van der Waals surface area contributed by atoms with Crippen molar-refractivity contribution in [2.24, 2.45) is 5.92 Å². The van der Waals surface area contributed by atoms with Gasteiger partial charge in [-0.25, -0.2) is 9.18 Å². The number of ether oxygens (including phenoxy) is 2. The number of carbonyl (C=O) groups is 2. The fraction of sp³-hybridized carbons (Fsp3) is 0.500. The third kappa shape index (κ3) is 5.43. The van der Waals surface area contributed by atoms with Gasteiger partial charge in [-0.05, 0) is 37.1 Å². The molecule has 23 heavy (non-hydrogen) atoms. The Balaban J connectivity index is 1.77. The number of hydrogen-bond acceptors (Lipinski definition) is 4. The van der Waals surface area contributed by atoms with Crippen LogP contribution in [0.2, 0.25) is 0 Å². The number of rotatable bonds is 5. The molecule has 1 aliphatic rings. The first-order chi connectivity index (χ1) is 11.1. The molecule has 1 heterocycles. The standard InChI is InChI=1S/C16H21FN2O4/c1-22-16(21)18-9-15(20)19-8-2-3-12(10-19)11-23-14-6-4-13(17)5-7-14/h4-7,12H,2-3,8-11H2,1H3,(H,18,21)/t12-/m0/s1. The largest absolute Gasteiger partial charge is 0.493 e. The topological polar surface area (TPSA) is 67.9 Å². The van der Waals surface area contributed by atoms with Gasteiger partial charge in [-0.1, -0.05) is 0 Å². The zero-order chi connectivity index (χ0) is 16.7. The number of halogens is 1. The van der Waals surface area contributed by atoms with E-state index in [1.54, 1.807) is 17.0 Å². The number of alkyl carbamates (subject to hydrolysis) is 1. The third-order valence-corrected chi connectivity index (χ3v) is 3.74. The molecule has 1 aromatic rings. The van der Waals surface area contributed by atoms with Gasteiger partial charge in [0.05, 0.1) is 13.7 Å². The molecular formula is C16H21FN2O4. The van der Waals surface area contributed by atoms with E-state index in [0.29, 0.717) is 25.4 Å². The van der Waals surface area contributed by atoms with E-state index >= 15 is 0 Å². The van der Waals surface area contributed by atoms with Crippen molar-refractivity contribution in [2.45, 2.75) is 12.8 Å². The lowest BCUT2D eigenvalue weighted by Crippen LogP contribution is -2.46. The van der Waals surface area contributed by atoms with Crippen LogP contribution in [0.5, 0.6) is 5.75 Å². The minimum atomic E-state index is -0.619. The molecule has 7 heteroatoms. The quantitative estimate of drug-likeness (QED) is 0.897. The smallest absolute Gasteiger partial charge is 0.407 e. The number of nitrogens with one attached hydrogen (secondary N) is 1. The molecule has 0 aliphatic carbocycles. The highest BCUT2D eigenvalue weighted by molar-refractivity contribution is 5.82. The predicted octanol–water partition coefficient (Wildman–Crippen LogP) is 1.80. The van der Waals surface area contributed by atoms with Gasteiger partial charge in [0, 0.05) is 19.0 Å². The van der Waals surface area contributed by atoms with Gasteiger partial charge in [-0.3, -0.25) is 4.79 Å². The Morgan fingerprint density at radius 3 is 2.78 bits per heavy atom. The van der Waals surface area contributed by atoms with Crippen molar-refractivity contribution in [3.05, 3.63) is 30.1 Å². The number of nitrogens with zero attached hydrogens (tertiary/aromatic N) is 1. The molecule has 2 amide bonds. The lowest BCUT2D eigenvalue weighted by molar-refractivity contribution is -0.132. The van der Waals surface area contributed by atoms with Gasteiger partial charge in [0.2, 0.25) is 5.91 Å². The summed E-state index contributed by atoms with van der Waals surface area (Å²) in [6, 6.07) is 5.87. The second-order valence-corrected chi connectivity index (χ2v) is 5.46. The number of benzene rings is 1. The van der Waals surface area contributed by atoms with E-state index < -0.39 is 6.09 Å². The summed E-state index contributed by atoms with van der Waals surface area (Å²) in [5.41, 5.74) is 0. The molecule has 1 fully saturated rings. The summed E-state index contributed by atoms with van der Waals surface area (Å²) >= 11 is 0. The molecule has 0 bridgehead atoms. The summed E-state index contributed by atoms with van der Waals surface area (Å²) in [4.78, 5) is 24.8. The molecule has 1 aromatic carbocycles. The SMILES string of the molecule is COC(=O)NCC(=O)N1CCC[C@H](COc2ccc(F)cc2)C1. The van der Waals surface area contributed by atoms with Crippen LogP contribution in [-0.4, -0.2) is 50.3 Å². The minimum Gasteiger partial charge on any atom is -0.493 e. The Kier molecular flexibility index (Phi) is 6.19. The van der Waals surface area contributed by atoms with Crippen LogP contribution in [0, 0.1) is 11.7 Å². The molecule has 0 saturated carbocycles. The predicted molar refractivity (Wildman–Crippen MR) is 81.6 cm³/mol. The van der Waals surface area contributed by atoms with Gasteiger partial charge in [-0.15, -0.1) is 0 Å². The molecular weight excluding hydrogens is 303 g/mol. The highest BCUT2D eigenvalue weighted by atomic mass is 19.1. The summed E-state index contributed by atoms with van der Waals surface area (Å²) in [5.74, 6) is 0.393. The maximum Gasteiger partial charge on any atom is 0.407 e. The first kappa shape index (κ1) is 17.1. The molecule has 2 rings (SSSR count). The van der Waals surface area contributed by atoms with Crippen molar-refractivity contribution in [3.63, 3.8) is 0 Å². The van der Waals surface area contributed by atoms with Crippen LogP contribution in [-0.2, 0) is 9.53 Å². The minimum absolute atomic E-state index is 0.0712. The molecule has 0 unspecified atom stereocenters. The number of likely N-dealkylation sites (tertiary alicyclic amines) is 1. The highest BCUT2D eigenvalue weighted by Crippen LogP contribution is 2.19. The molecule has 0 radical (unpaired) electrons. The van der Waals surface area contributed by atoms with E-state index in [2.05, 4.69) is 10.1 Å². The number of carbonyl (C=O) groups excluding carboxylic acids is 2. The number of amides is 2. The number of hydrogen-bond donors (Lipinski definition) is 1. The molecule has 6 nitrogen and oxygen atoms in total. The lowest BCUT2D eigenvalue weighted by Gasteiger charge is -2.32. The van der Waals surface area contributed by atoms with Gasteiger partial charge in [0.15, 0.2) is 0 Å². The zero-order valence-electron chi connectivity index (χ0n) is 13.1. The average molecular weight is 324 g/mol. The van der Waals surface area contributed by atoms with E-state index in [1.807, 2.05) is 0 Å². The second kappa shape index (κ2) is 8.36. The summed E-state index contributed by atoms with van der Waals surface area (Å²) in [6.07, 6.45) is 1.24. The average Bonchev–Trinajstić information content (AvgIpc) is 2.59. The Hall–Kier alpha value is -2.31. The van der Waals surface area contributed by atoms with Crippen molar-refractivity contribution in [1.82, 2.24) is 10.2 Å². The second-order valence-electron chi connectivity index (χ2n) is 5.46. The van der Waals surface area contributed by atoms with E-state index in [4.69, 9.17) is 4.74 Å². The molecule has 1 aliphatic heterocycles. The highest BCUT2D eigenvalue weighted by Gasteiger charge is 2.24. The van der Waals surface area contributed by atoms with Crippen LogP contribution >= 0.6 is 0 Å². The first-order valence-corrected chi connectivity index (χ1v) is 7.56. The van der Waals surface area contributed by atoms with Gasteiger partial charge in [-0.2, -0.15) is 0 Å². The summed E-state index contributed by atoms with van der Waals surface area (Å²) < 4.78 is 22.9. The number of methoxy groups -OCH3 is 1. The van der Waals surface area contributed by atoms with Crippen LogP contribution in [0.4, 0.5) is 9.18 Å². The van der Waals surface area contributed by atoms with Crippen LogP contribution in [0.3, 0.4) is 0 Å². The zero-order valence-corrected chi connectivity index (χ0v) is 13.1. The summed E-state index contributed by atoms with van der Waals surface area (Å²) in [7, 11) is 1.25. The van der Waals surface area contributed by atoms with Gasteiger partial charge >= 0.3 is 6.09 Å². The summed E-state index contributed by atoms with van der Waals surface area (Å²) in [5, 5.41) is 2.39. The normalized spacial score (nSPS) is 17.5. The van der Waals surface area contributed by atoms with E-state index in [0.717, 1.165) is 12.8 Å². The monoisotopic (exact) mass is 324 g/mol. The van der Waals surface area contributed by atoms with Crippen LogP contribution in [0.1, 0.15) is 12.8 Å². The van der Waals surface area contributed by atoms with Crippen molar-refractivity contribution in [1.29, 1.82) is 0 Å². The fourth-order valence-electron chi connectivity index (χ4n) is 2.50. The molecule has 1 N–H and O–H groups in total. The Labute approximate surface area is 134 Å². The maximum absolute atomic E-state index is 12.8. The Morgan fingerprint density at radius 1 is 1.35 bits per heavy atom.